The molecular formula is C6H4BF2N3O3. The van der Waals surface area contributed by atoms with E-state index in [0.717, 1.165) is 24.3 Å². The monoisotopic (exact) mass is 215 g/mol. The topological polar surface area (TPSA) is 72.9 Å². The molecule has 1 rings (SSSR count). The van der Waals surface area contributed by atoms with E-state index in [4.69, 9.17) is 5.39 Å². The molecule has 0 spiro atoms. The number of hydrogen-bond donors (Lipinski definition) is 0. The van der Waals surface area contributed by atoms with Gasteiger partial charge in [-0.2, -0.15) is 0 Å². The molecule has 78 valence electrons. The van der Waals surface area contributed by atoms with Gasteiger partial charge < -0.3 is 5.02 Å². The van der Waals surface area contributed by atoms with Crippen molar-refractivity contribution in [3.63, 3.8) is 0 Å². The first-order valence-corrected chi connectivity index (χ1v) is 3.68. The molecule has 0 aliphatic carbocycles. The molecule has 9 heteroatoms. The number of anilines is 1. The predicted octanol–water partition coefficient (Wildman–Crippen LogP) is 0.578. The molecular weight excluding hydrogens is 211 g/mol. The SMILES string of the molecule is N#[N+]N(OB([O-])OF)c1ccc(F)cc1. The number of rotatable bonds is 4. The van der Waals surface area contributed by atoms with Crippen molar-refractivity contribution in [2.45, 2.75) is 0 Å². The summed E-state index contributed by atoms with van der Waals surface area (Å²) in [5, 5.41) is 21.6. The Kier molecular flexibility index (Phi) is 3.93. The third kappa shape index (κ3) is 3.14. The van der Waals surface area contributed by atoms with Gasteiger partial charge in [-0.15, -0.1) is 0 Å². The quantitative estimate of drug-likeness (QED) is 0.417. The second kappa shape index (κ2) is 5.21. The van der Waals surface area contributed by atoms with Crippen LogP contribution in [0.1, 0.15) is 0 Å². The van der Waals surface area contributed by atoms with Crippen molar-refractivity contribution < 1.29 is 23.6 Å². The minimum atomic E-state index is -2.49. The van der Waals surface area contributed by atoms with Crippen LogP contribution in [0.2, 0.25) is 0 Å². The minimum absolute atomic E-state index is 0.0248. The normalized spacial score (nSPS) is 9.47. The fourth-order valence-corrected chi connectivity index (χ4v) is 0.800. The van der Waals surface area contributed by atoms with E-state index in [2.05, 4.69) is 14.7 Å². The zero-order valence-electron chi connectivity index (χ0n) is 7.21. The van der Waals surface area contributed by atoms with E-state index in [1.54, 1.807) is 0 Å². The smallest absolute Gasteiger partial charge is 0.437 e. The Labute approximate surface area is 83.3 Å². The number of halogens is 2. The van der Waals surface area contributed by atoms with Gasteiger partial charge in [-0.3, -0.25) is 4.76 Å². The predicted molar refractivity (Wildman–Crippen MR) is 43.0 cm³/mol. The highest BCUT2D eigenvalue weighted by atomic mass is 19.3. The fraction of sp³-hybridized carbons (Fsp3) is 0. The van der Waals surface area contributed by atoms with E-state index < -0.39 is 13.1 Å². The standard InChI is InChI=1S/C6H4BF2N3O3/c8-5-1-3-6(4-2-5)12(11-10)15-7(13)14-9/h1-4H. The minimum Gasteiger partial charge on any atom is -0.828 e. The first-order chi connectivity index (χ1) is 7.17. The Morgan fingerprint density at radius 2 is 2.00 bits per heavy atom. The molecule has 0 radical (unpaired) electrons. The van der Waals surface area contributed by atoms with Gasteiger partial charge in [-0.05, 0) is 24.3 Å². The zero-order valence-corrected chi connectivity index (χ0v) is 7.21. The van der Waals surface area contributed by atoms with Crippen molar-refractivity contribution in [1.82, 2.24) is 0 Å². The molecule has 0 heterocycles. The molecule has 0 unspecified atom stereocenters. The summed E-state index contributed by atoms with van der Waals surface area (Å²) in [6.07, 6.45) is 0. The summed E-state index contributed by atoms with van der Waals surface area (Å²) in [6, 6.07) is 4.37. The lowest BCUT2D eigenvalue weighted by molar-refractivity contribution is -0.286. The maximum atomic E-state index is 12.5. The Morgan fingerprint density at radius 3 is 2.47 bits per heavy atom. The second-order valence-corrected chi connectivity index (χ2v) is 2.32. The highest BCUT2D eigenvalue weighted by Crippen LogP contribution is 2.15. The number of hydrogen-bond acceptors (Lipinski definition) is 5. The van der Waals surface area contributed by atoms with E-state index in [-0.39, 0.29) is 10.9 Å². The van der Waals surface area contributed by atoms with Gasteiger partial charge in [0.05, 0.1) is 0 Å². The zero-order chi connectivity index (χ0) is 11.3. The third-order valence-corrected chi connectivity index (χ3v) is 1.39. The lowest BCUT2D eigenvalue weighted by Crippen LogP contribution is -2.40. The summed E-state index contributed by atoms with van der Waals surface area (Å²) >= 11 is 0. The maximum absolute atomic E-state index is 12.5. The Balaban J connectivity index is 2.75. The van der Waals surface area contributed by atoms with Crippen LogP contribution >= 0.6 is 0 Å². The van der Waals surface area contributed by atoms with E-state index in [0.29, 0.717) is 0 Å². The molecule has 0 saturated carbocycles. The van der Waals surface area contributed by atoms with Crippen molar-refractivity contribution in [2.24, 2.45) is 0 Å². The maximum Gasteiger partial charge on any atom is 0.437 e. The van der Waals surface area contributed by atoms with Crippen molar-refractivity contribution in [2.75, 3.05) is 5.17 Å². The average molecular weight is 215 g/mol. The van der Waals surface area contributed by atoms with Crippen LogP contribution < -0.4 is 10.2 Å². The van der Waals surface area contributed by atoms with Crippen molar-refractivity contribution in [3.05, 3.63) is 35.2 Å². The number of nitrogens with zero attached hydrogens (tertiary/aromatic N) is 3. The lowest BCUT2D eigenvalue weighted by atomic mass is 10.3. The first kappa shape index (κ1) is 11.3. The molecule has 1 aromatic rings. The van der Waals surface area contributed by atoms with Crippen LogP contribution in [0.15, 0.2) is 24.3 Å². The van der Waals surface area contributed by atoms with Crippen molar-refractivity contribution >= 4 is 13.0 Å². The molecule has 0 atom stereocenters. The van der Waals surface area contributed by atoms with Crippen LogP contribution in [0.25, 0.3) is 5.08 Å². The van der Waals surface area contributed by atoms with Gasteiger partial charge in [-0.1, -0.05) is 4.53 Å². The summed E-state index contributed by atoms with van der Waals surface area (Å²) in [7, 11) is -2.49. The molecule has 0 aliphatic heterocycles. The van der Waals surface area contributed by atoms with Crippen LogP contribution in [0.5, 0.6) is 0 Å². The second-order valence-electron chi connectivity index (χ2n) is 2.32. The lowest BCUT2D eigenvalue weighted by Gasteiger charge is -2.11. The van der Waals surface area contributed by atoms with Gasteiger partial charge in [0.1, 0.15) is 11.0 Å². The largest absolute Gasteiger partial charge is 0.828 e. The molecule has 6 nitrogen and oxygen atoms in total. The van der Waals surface area contributed by atoms with Gasteiger partial charge in [0.25, 0.3) is 5.39 Å². The highest BCUT2D eigenvalue weighted by molar-refractivity contribution is 6.32. The molecule has 0 bridgehead atoms. The van der Waals surface area contributed by atoms with Crippen LogP contribution in [0, 0.1) is 11.2 Å². The van der Waals surface area contributed by atoms with Crippen molar-refractivity contribution in [1.29, 1.82) is 5.39 Å². The Bertz CT molecular complexity index is 358. The van der Waals surface area contributed by atoms with Crippen LogP contribution in [-0.4, -0.2) is 7.32 Å². The highest BCUT2D eigenvalue weighted by Gasteiger charge is 2.21. The summed E-state index contributed by atoms with van der Waals surface area (Å²) in [6.45, 7) is 0. The molecule has 0 fully saturated rings. The van der Waals surface area contributed by atoms with Crippen LogP contribution in [-0.2, 0) is 9.61 Å². The average Bonchev–Trinajstić information content (AvgIpc) is 2.27. The third-order valence-electron chi connectivity index (χ3n) is 1.39. The van der Waals surface area contributed by atoms with Gasteiger partial charge in [0.15, 0.2) is 5.69 Å². The first-order valence-electron chi connectivity index (χ1n) is 3.68. The van der Waals surface area contributed by atoms with Crippen LogP contribution in [0.3, 0.4) is 0 Å². The summed E-state index contributed by atoms with van der Waals surface area (Å²) in [4.78, 5) is 2.76. The molecule has 0 N–H and O–H groups in total. The Hall–Kier alpha value is -1.76. The van der Waals surface area contributed by atoms with E-state index in [1.165, 1.54) is 0 Å². The summed E-state index contributed by atoms with van der Waals surface area (Å²) in [5.74, 6) is -0.531. The van der Waals surface area contributed by atoms with Gasteiger partial charge in [-0.25, -0.2) is 9.25 Å². The summed E-state index contributed by atoms with van der Waals surface area (Å²) < 4.78 is 27.9. The van der Waals surface area contributed by atoms with E-state index >= 15 is 0 Å². The van der Waals surface area contributed by atoms with Gasteiger partial charge in [0.2, 0.25) is 0 Å². The molecule has 0 aliphatic rings. The van der Waals surface area contributed by atoms with E-state index in [1.807, 2.05) is 0 Å². The Morgan fingerprint density at radius 1 is 1.40 bits per heavy atom. The number of benzene rings is 1. The number of diazo groups is 1. The van der Waals surface area contributed by atoms with Gasteiger partial charge >= 0.3 is 12.4 Å². The van der Waals surface area contributed by atoms with Crippen molar-refractivity contribution in [3.8, 4) is 0 Å². The molecule has 0 saturated heterocycles. The molecule has 0 amide bonds. The fourth-order valence-electron chi connectivity index (χ4n) is 0.800. The molecule has 15 heavy (non-hydrogen) atoms. The summed E-state index contributed by atoms with van der Waals surface area (Å²) in [5.41, 5.74) is 0.0248. The molecule has 1 aromatic carbocycles. The molecule has 0 aromatic heterocycles. The van der Waals surface area contributed by atoms with Crippen LogP contribution in [0.4, 0.5) is 14.6 Å². The van der Waals surface area contributed by atoms with E-state index in [9.17, 15) is 13.9 Å². The van der Waals surface area contributed by atoms with Gasteiger partial charge in [0, 0.05) is 0 Å².